The van der Waals surface area contributed by atoms with E-state index in [-0.39, 0.29) is 12.5 Å². The number of nitrogens with one attached hydrogen (secondary N) is 1. The maximum Gasteiger partial charge on any atom is 0.325 e. The van der Waals surface area contributed by atoms with Crippen LogP contribution in [0.1, 0.15) is 38.3 Å². The number of hydrogen-bond acceptors (Lipinski definition) is 7. The number of rotatable bonds is 14. The maximum atomic E-state index is 13.5. The van der Waals surface area contributed by atoms with Crippen molar-refractivity contribution in [1.29, 1.82) is 0 Å². The summed E-state index contributed by atoms with van der Waals surface area (Å²) in [5.41, 5.74) is 0.193. The Hall–Kier alpha value is -3.79. The van der Waals surface area contributed by atoms with E-state index in [4.69, 9.17) is 14.2 Å². The Bertz CT molecular complexity index is 1150. The molecule has 0 bridgehead atoms. The lowest BCUT2D eigenvalue weighted by atomic mass is 9.92. The predicted molar refractivity (Wildman–Crippen MR) is 148 cm³/mol. The van der Waals surface area contributed by atoms with Gasteiger partial charge in [-0.2, -0.15) is 0 Å². The van der Waals surface area contributed by atoms with Crippen LogP contribution in [0.3, 0.4) is 0 Å². The second kappa shape index (κ2) is 13.3. The van der Waals surface area contributed by atoms with Crippen molar-refractivity contribution in [2.45, 2.75) is 39.3 Å². The lowest BCUT2D eigenvalue weighted by molar-refractivity contribution is -0.139. The fraction of sp³-hybridized carbons (Fsp3) is 0.483. The van der Waals surface area contributed by atoms with E-state index < -0.39 is 17.5 Å². The van der Waals surface area contributed by atoms with Gasteiger partial charge in [0.2, 0.25) is 5.91 Å². The van der Waals surface area contributed by atoms with Gasteiger partial charge in [-0.25, -0.2) is 4.79 Å². The third-order valence-electron chi connectivity index (χ3n) is 6.60. The summed E-state index contributed by atoms with van der Waals surface area (Å²) in [6.45, 7) is 7.64. The first-order valence-corrected chi connectivity index (χ1v) is 13.2. The molecule has 2 aromatic rings. The molecule has 0 radical (unpaired) electrons. The molecule has 2 aromatic carbocycles. The monoisotopic (exact) mass is 540 g/mol. The van der Waals surface area contributed by atoms with Gasteiger partial charge in [-0.15, -0.1) is 0 Å². The normalized spacial score (nSPS) is 16.8. The first kappa shape index (κ1) is 29.8. The highest BCUT2D eigenvalue weighted by Gasteiger charge is 2.49. The summed E-state index contributed by atoms with van der Waals surface area (Å²) < 4.78 is 16.6. The first-order valence-electron chi connectivity index (χ1n) is 13.2. The van der Waals surface area contributed by atoms with Crippen LogP contribution in [-0.2, 0) is 21.7 Å². The molecule has 1 unspecified atom stereocenters. The van der Waals surface area contributed by atoms with Gasteiger partial charge in [0.05, 0.1) is 20.3 Å². The molecule has 1 heterocycles. The quantitative estimate of drug-likeness (QED) is 0.367. The Balaban J connectivity index is 1.79. The van der Waals surface area contributed by atoms with Crippen molar-refractivity contribution in [3.8, 4) is 17.2 Å². The van der Waals surface area contributed by atoms with Crippen LogP contribution in [0.15, 0.2) is 42.5 Å². The van der Waals surface area contributed by atoms with Gasteiger partial charge in [0.25, 0.3) is 5.91 Å². The van der Waals surface area contributed by atoms with E-state index in [0.717, 1.165) is 23.4 Å². The third-order valence-corrected chi connectivity index (χ3v) is 6.60. The van der Waals surface area contributed by atoms with Crippen LogP contribution in [0.2, 0.25) is 0 Å². The summed E-state index contributed by atoms with van der Waals surface area (Å²) in [6.07, 6.45) is 0.734. The number of methoxy groups -OCH3 is 1. The van der Waals surface area contributed by atoms with Gasteiger partial charge in [0, 0.05) is 13.1 Å². The van der Waals surface area contributed by atoms with E-state index in [1.165, 1.54) is 0 Å². The molecule has 212 valence electrons. The number of nitrogens with zero attached hydrogens (tertiary/aromatic N) is 3. The van der Waals surface area contributed by atoms with Gasteiger partial charge in [0.15, 0.2) is 11.5 Å². The number of carbonyl (C=O) groups is 3. The van der Waals surface area contributed by atoms with E-state index >= 15 is 0 Å². The average Bonchev–Trinajstić information content (AvgIpc) is 3.13. The van der Waals surface area contributed by atoms with Crippen LogP contribution in [0, 0.1) is 0 Å². The lowest BCUT2D eigenvalue weighted by Gasteiger charge is -2.26. The largest absolute Gasteiger partial charge is 0.497 e. The van der Waals surface area contributed by atoms with Crippen molar-refractivity contribution in [2.75, 3.05) is 54.1 Å². The Morgan fingerprint density at radius 3 is 2.26 bits per heavy atom. The van der Waals surface area contributed by atoms with Gasteiger partial charge in [0.1, 0.15) is 17.8 Å². The number of benzene rings is 2. The molecule has 1 fully saturated rings. The molecule has 0 spiro atoms. The molecule has 39 heavy (non-hydrogen) atoms. The summed E-state index contributed by atoms with van der Waals surface area (Å²) in [7, 11) is 5.50. The maximum absolute atomic E-state index is 13.5. The number of carbonyl (C=O) groups excluding carboxylic acids is 3. The van der Waals surface area contributed by atoms with E-state index in [2.05, 4.69) is 5.32 Å². The Kier molecular flexibility index (Phi) is 10.2. The molecule has 3 rings (SSSR count). The zero-order chi connectivity index (χ0) is 28.6. The molecule has 0 saturated carbocycles. The van der Waals surface area contributed by atoms with Crippen molar-refractivity contribution in [1.82, 2.24) is 20.0 Å². The summed E-state index contributed by atoms with van der Waals surface area (Å²) >= 11 is 0. The lowest BCUT2D eigenvalue weighted by Crippen LogP contribution is -2.44. The number of urea groups is 1. The van der Waals surface area contributed by atoms with E-state index in [9.17, 15) is 14.4 Å². The van der Waals surface area contributed by atoms with Gasteiger partial charge in [-0.1, -0.05) is 18.2 Å². The van der Waals surface area contributed by atoms with Crippen LogP contribution in [0.4, 0.5) is 4.79 Å². The summed E-state index contributed by atoms with van der Waals surface area (Å²) in [5, 5.41) is 2.76. The summed E-state index contributed by atoms with van der Waals surface area (Å²) in [5.74, 6) is 1.11. The number of ether oxygens (including phenoxy) is 3. The van der Waals surface area contributed by atoms with Gasteiger partial charge in [-0.3, -0.25) is 14.5 Å². The van der Waals surface area contributed by atoms with Crippen LogP contribution < -0.4 is 19.5 Å². The van der Waals surface area contributed by atoms with Crippen molar-refractivity contribution < 1.29 is 28.6 Å². The Morgan fingerprint density at radius 1 is 0.974 bits per heavy atom. The minimum Gasteiger partial charge on any atom is -0.497 e. The van der Waals surface area contributed by atoms with Gasteiger partial charge >= 0.3 is 6.03 Å². The molecule has 10 heteroatoms. The molecular formula is C29H40N4O6. The Morgan fingerprint density at radius 2 is 1.64 bits per heavy atom. The first-order chi connectivity index (χ1) is 18.6. The molecule has 1 saturated heterocycles. The van der Waals surface area contributed by atoms with E-state index in [1.807, 2.05) is 51.0 Å². The molecule has 1 aliphatic heterocycles. The molecule has 10 nitrogen and oxygen atoms in total. The summed E-state index contributed by atoms with van der Waals surface area (Å²) in [6, 6.07) is 11.9. The number of imide groups is 1. The van der Waals surface area contributed by atoms with Crippen LogP contribution in [-0.4, -0.2) is 86.6 Å². The smallest absolute Gasteiger partial charge is 0.325 e. The summed E-state index contributed by atoms with van der Waals surface area (Å²) in [4.78, 5) is 44.6. The minimum absolute atomic E-state index is 0.304. The van der Waals surface area contributed by atoms with E-state index in [0.29, 0.717) is 49.1 Å². The molecular weight excluding hydrogens is 500 g/mol. The van der Waals surface area contributed by atoms with Crippen molar-refractivity contribution in [3.63, 3.8) is 0 Å². The number of amides is 4. The zero-order valence-corrected chi connectivity index (χ0v) is 23.8. The molecule has 4 amide bonds. The molecule has 1 N–H and O–H groups in total. The van der Waals surface area contributed by atoms with Crippen molar-refractivity contribution in [3.05, 3.63) is 53.6 Å². The highest BCUT2D eigenvalue weighted by molar-refractivity contribution is 6.09. The van der Waals surface area contributed by atoms with Crippen LogP contribution in [0.25, 0.3) is 0 Å². The van der Waals surface area contributed by atoms with Crippen molar-refractivity contribution >= 4 is 17.8 Å². The topological polar surface area (TPSA) is 101 Å². The van der Waals surface area contributed by atoms with Crippen LogP contribution in [0.5, 0.6) is 17.2 Å². The highest BCUT2D eigenvalue weighted by Crippen LogP contribution is 2.31. The molecule has 0 aliphatic carbocycles. The highest BCUT2D eigenvalue weighted by atomic mass is 16.5. The van der Waals surface area contributed by atoms with Gasteiger partial charge < -0.3 is 29.3 Å². The molecule has 1 atom stereocenters. The average molecular weight is 541 g/mol. The standard InChI is InChI=1S/C29H40N4O6/c1-7-38-24-15-10-21(18-25(24)39-8-2)19-32(17-9-16-31(4)5)26(34)20-33-27(35)29(3,30-28(33)36)22-11-13-23(37-6)14-12-22/h10-15,18H,7-9,16-17,19-20H2,1-6H3,(H,30,36). The van der Waals surface area contributed by atoms with Gasteiger partial charge in [-0.05, 0) is 83.2 Å². The fourth-order valence-corrected chi connectivity index (χ4v) is 4.48. The minimum atomic E-state index is -1.28. The number of hydrogen-bond donors (Lipinski definition) is 1. The molecule has 0 aromatic heterocycles. The van der Waals surface area contributed by atoms with Crippen LogP contribution >= 0.6 is 0 Å². The second-order valence-corrected chi connectivity index (χ2v) is 9.79. The third kappa shape index (κ3) is 7.20. The predicted octanol–water partition coefficient (Wildman–Crippen LogP) is 3.24. The van der Waals surface area contributed by atoms with E-state index in [1.54, 1.807) is 43.2 Å². The fourth-order valence-electron chi connectivity index (χ4n) is 4.48. The van der Waals surface area contributed by atoms with Crippen molar-refractivity contribution in [2.24, 2.45) is 0 Å². The Labute approximate surface area is 230 Å². The zero-order valence-electron chi connectivity index (χ0n) is 23.8. The second-order valence-electron chi connectivity index (χ2n) is 9.79. The molecule has 1 aliphatic rings. The SMILES string of the molecule is CCOc1ccc(CN(CCCN(C)C)C(=O)CN2C(=O)NC(C)(c3ccc(OC)cc3)C2=O)cc1OCC.